The molecule has 1 aliphatic rings. The molecule has 1 fully saturated rings. The average Bonchev–Trinajstić information content (AvgIpc) is 3.01. The zero-order chi connectivity index (χ0) is 14.8. The summed E-state index contributed by atoms with van der Waals surface area (Å²) >= 11 is 0. The van der Waals surface area contributed by atoms with Crippen LogP contribution in [-0.4, -0.2) is 40.6 Å². The lowest BCUT2D eigenvalue weighted by Gasteiger charge is -2.37. The van der Waals surface area contributed by atoms with Gasteiger partial charge in [-0.3, -0.25) is 0 Å². The van der Waals surface area contributed by atoms with Crippen molar-refractivity contribution in [3.8, 4) is 0 Å². The number of hydrogen-bond donors (Lipinski definition) is 1. The van der Waals surface area contributed by atoms with E-state index in [0.29, 0.717) is 23.9 Å². The monoisotopic (exact) mass is 278 g/mol. The van der Waals surface area contributed by atoms with Gasteiger partial charge in [0.05, 0.1) is 6.33 Å². The number of aromatic nitrogens is 2. The fourth-order valence-corrected chi connectivity index (χ4v) is 3.60. The van der Waals surface area contributed by atoms with Crippen molar-refractivity contribution in [3.63, 3.8) is 0 Å². The molecule has 2 rings (SSSR count). The maximum Gasteiger partial charge on any atom is 0.0948 e. The van der Waals surface area contributed by atoms with E-state index in [0.717, 1.165) is 6.54 Å². The van der Waals surface area contributed by atoms with Crippen molar-refractivity contribution in [2.75, 3.05) is 20.6 Å². The SMILES string of the molecule is CC(C)C(CN)c1cncn1CC1(N(C)C)CCCC1. The molecular weight excluding hydrogens is 248 g/mol. The summed E-state index contributed by atoms with van der Waals surface area (Å²) in [5.74, 6) is 0.951. The molecule has 0 spiro atoms. The van der Waals surface area contributed by atoms with Crippen LogP contribution >= 0.6 is 0 Å². The Balaban J connectivity index is 2.24. The molecule has 0 saturated heterocycles. The number of hydrogen-bond acceptors (Lipinski definition) is 3. The summed E-state index contributed by atoms with van der Waals surface area (Å²) in [7, 11) is 4.43. The molecule has 1 aromatic heterocycles. The molecule has 0 amide bonds. The minimum atomic E-state index is 0.297. The van der Waals surface area contributed by atoms with Gasteiger partial charge < -0.3 is 15.2 Å². The maximum atomic E-state index is 5.98. The molecule has 4 heteroatoms. The van der Waals surface area contributed by atoms with Crippen LogP contribution in [0, 0.1) is 5.92 Å². The fourth-order valence-electron chi connectivity index (χ4n) is 3.60. The third kappa shape index (κ3) is 2.91. The molecule has 0 radical (unpaired) electrons. The van der Waals surface area contributed by atoms with Gasteiger partial charge >= 0.3 is 0 Å². The zero-order valence-corrected chi connectivity index (χ0v) is 13.5. The van der Waals surface area contributed by atoms with Crippen molar-refractivity contribution in [3.05, 3.63) is 18.2 Å². The second kappa shape index (κ2) is 6.27. The molecule has 1 unspecified atom stereocenters. The molecular formula is C16H30N4. The van der Waals surface area contributed by atoms with Crippen LogP contribution in [-0.2, 0) is 6.54 Å². The number of nitrogens with zero attached hydrogens (tertiary/aromatic N) is 3. The molecule has 0 aromatic carbocycles. The molecule has 2 N–H and O–H groups in total. The van der Waals surface area contributed by atoms with Crippen LogP contribution in [0.25, 0.3) is 0 Å². The van der Waals surface area contributed by atoms with E-state index in [4.69, 9.17) is 5.73 Å². The molecule has 1 saturated carbocycles. The second-order valence-electron chi connectivity index (χ2n) is 6.86. The van der Waals surface area contributed by atoms with Crippen LogP contribution in [0.15, 0.2) is 12.5 Å². The van der Waals surface area contributed by atoms with E-state index >= 15 is 0 Å². The van der Waals surface area contributed by atoms with E-state index in [1.54, 1.807) is 0 Å². The van der Waals surface area contributed by atoms with E-state index < -0.39 is 0 Å². The van der Waals surface area contributed by atoms with Crippen LogP contribution in [0.2, 0.25) is 0 Å². The normalized spacial score (nSPS) is 19.9. The van der Waals surface area contributed by atoms with E-state index in [-0.39, 0.29) is 0 Å². The second-order valence-corrected chi connectivity index (χ2v) is 6.86. The molecule has 20 heavy (non-hydrogen) atoms. The van der Waals surface area contributed by atoms with Crippen molar-refractivity contribution >= 4 is 0 Å². The Labute approximate surface area is 123 Å². The molecule has 1 atom stereocenters. The highest BCUT2D eigenvalue weighted by molar-refractivity contribution is 5.10. The van der Waals surface area contributed by atoms with Crippen LogP contribution < -0.4 is 5.73 Å². The minimum absolute atomic E-state index is 0.297. The Bertz CT molecular complexity index is 416. The molecule has 1 heterocycles. The summed E-state index contributed by atoms with van der Waals surface area (Å²) in [4.78, 5) is 6.81. The third-order valence-electron chi connectivity index (χ3n) is 5.13. The van der Waals surface area contributed by atoms with Gasteiger partial charge in [0.1, 0.15) is 0 Å². The Kier molecular flexibility index (Phi) is 4.86. The summed E-state index contributed by atoms with van der Waals surface area (Å²) in [6, 6.07) is 0. The number of rotatable bonds is 6. The first-order chi connectivity index (χ1) is 9.50. The quantitative estimate of drug-likeness (QED) is 0.869. The van der Waals surface area contributed by atoms with Crippen molar-refractivity contribution in [1.82, 2.24) is 14.5 Å². The fraction of sp³-hybridized carbons (Fsp3) is 0.812. The highest BCUT2D eigenvalue weighted by atomic mass is 15.2. The van der Waals surface area contributed by atoms with E-state index in [1.165, 1.54) is 31.4 Å². The van der Waals surface area contributed by atoms with Gasteiger partial charge in [0.15, 0.2) is 0 Å². The van der Waals surface area contributed by atoms with Crippen LogP contribution in [0.5, 0.6) is 0 Å². The summed E-state index contributed by atoms with van der Waals surface area (Å²) in [5, 5.41) is 0. The first kappa shape index (κ1) is 15.5. The van der Waals surface area contributed by atoms with Gasteiger partial charge in [0, 0.05) is 36.4 Å². The summed E-state index contributed by atoms with van der Waals surface area (Å²) in [6.45, 7) is 6.22. The van der Waals surface area contributed by atoms with Crippen molar-refractivity contribution in [1.29, 1.82) is 0 Å². The average molecular weight is 278 g/mol. The Morgan fingerprint density at radius 1 is 1.35 bits per heavy atom. The van der Waals surface area contributed by atoms with Gasteiger partial charge in [-0.25, -0.2) is 4.98 Å². The van der Waals surface area contributed by atoms with Crippen molar-refractivity contribution in [2.24, 2.45) is 11.7 Å². The first-order valence-corrected chi connectivity index (χ1v) is 7.88. The summed E-state index contributed by atoms with van der Waals surface area (Å²) in [6.07, 6.45) is 9.25. The largest absolute Gasteiger partial charge is 0.332 e. The van der Waals surface area contributed by atoms with Gasteiger partial charge in [-0.05, 0) is 32.9 Å². The number of likely N-dealkylation sites (N-methyl/N-ethyl adjacent to an activating group) is 1. The molecule has 0 bridgehead atoms. The predicted octanol–water partition coefficient (Wildman–Crippen LogP) is 2.46. The number of nitrogens with two attached hydrogens (primary N) is 1. The van der Waals surface area contributed by atoms with Crippen molar-refractivity contribution in [2.45, 2.75) is 57.5 Å². The maximum absolute atomic E-state index is 5.98. The molecule has 0 aliphatic heterocycles. The van der Waals surface area contributed by atoms with Gasteiger partial charge in [0.25, 0.3) is 0 Å². The van der Waals surface area contributed by atoms with Gasteiger partial charge in [-0.15, -0.1) is 0 Å². The van der Waals surface area contributed by atoms with E-state index in [9.17, 15) is 0 Å². The van der Waals surface area contributed by atoms with Gasteiger partial charge in [0.2, 0.25) is 0 Å². The smallest absolute Gasteiger partial charge is 0.0948 e. The number of imidazole rings is 1. The van der Waals surface area contributed by atoms with Crippen LogP contribution in [0.4, 0.5) is 0 Å². The standard InChI is InChI=1S/C16H30N4/c1-13(2)14(9-17)15-10-18-12-20(15)11-16(19(3)4)7-5-6-8-16/h10,12-14H,5-9,11,17H2,1-4H3. The minimum Gasteiger partial charge on any atom is -0.332 e. The lowest BCUT2D eigenvalue weighted by molar-refractivity contribution is 0.132. The highest BCUT2D eigenvalue weighted by Crippen LogP contribution is 2.36. The van der Waals surface area contributed by atoms with Crippen LogP contribution in [0.3, 0.4) is 0 Å². The first-order valence-electron chi connectivity index (χ1n) is 7.88. The lowest BCUT2D eigenvalue weighted by Crippen LogP contribution is -2.45. The topological polar surface area (TPSA) is 47.1 Å². The molecule has 1 aromatic rings. The molecule has 1 aliphatic carbocycles. The Morgan fingerprint density at radius 2 is 2.00 bits per heavy atom. The third-order valence-corrected chi connectivity index (χ3v) is 5.13. The zero-order valence-electron chi connectivity index (χ0n) is 13.5. The lowest BCUT2D eigenvalue weighted by atomic mass is 9.91. The Hall–Kier alpha value is -0.870. The van der Waals surface area contributed by atoms with Crippen molar-refractivity contribution < 1.29 is 0 Å². The van der Waals surface area contributed by atoms with Gasteiger partial charge in [-0.1, -0.05) is 26.7 Å². The van der Waals surface area contributed by atoms with E-state index in [1.807, 2.05) is 12.5 Å². The Morgan fingerprint density at radius 3 is 2.50 bits per heavy atom. The van der Waals surface area contributed by atoms with Gasteiger partial charge in [-0.2, -0.15) is 0 Å². The van der Waals surface area contributed by atoms with Crippen LogP contribution in [0.1, 0.15) is 51.1 Å². The van der Waals surface area contributed by atoms with E-state index in [2.05, 4.69) is 42.4 Å². The predicted molar refractivity (Wildman–Crippen MR) is 83.7 cm³/mol. The molecule has 4 nitrogen and oxygen atoms in total. The summed E-state index contributed by atoms with van der Waals surface area (Å²) in [5.41, 5.74) is 7.58. The summed E-state index contributed by atoms with van der Waals surface area (Å²) < 4.78 is 2.35. The molecule has 114 valence electrons. The highest BCUT2D eigenvalue weighted by Gasteiger charge is 2.37.